The van der Waals surface area contributed by atoms with Gasteiger partial charge >= 0.3 is 5.69 Å². The van der Waals surface area contributed by atoms with Crippen molar-refractivity contribution < 1.29 is 4.74 Å². The van der Waals surface area contributed by atoms with Gasteiger partial charge in [0.2, 0.25) is 0 Å². The van der Waals surface area contributed by atoms with Crippen molar-refractivity contribution in [1.82, 2.24) is 19.8 Å². The van der Waals surface area contributed by atoms with Crippen LogP contribution >= 0.6 is 0 Å². The molecule has 31 heavy (non-hydrogen) atoms. The Labute approximate surface area is 181 Å². The highest BCUT2D eigenvalue weighted by Gasteiger charge is 2.14. The summed E-state index contributed by atoms with van der Waals surface area (Å²) in [6.45, 7) is 8.63. The molecule has 0 spiro atoms. The van der Waals surface area contributed by atoms with Crippen LogP contribution < -0.4 is 10.4 Å². The van der Waals surface area contributed by atoms with E-state index in [0.29, 0.717) is 12.3 Å². The number of tetrazole rings is 1. The number of nitrogens with zero attached hydrogens (tertiary/aromatic N) is 4. The zero-order chi connectivity index (χ0) is 22.1. The third-order valence-electron chi connectivity index (χ3n) is 5.72. The Morgan fingerprint density at radius 2 is 1.52 bits per heavy atom. The van der Waals surface area contributed by atoms with Crippen LogP contribution in [0.4, 0.5) is 0 Å². The highest BCUT2D eigenvalue weighted by molar-refractivity contribution is 5.67. The molecule has 158 valence electrons. The minimum Gasteiger partial charge on any atom is -0.489 e. The second-order valence-corrected chi connectivity index (χ2v) is 7.94. The van der Waals surface area contributed by atoms with Crippen molar-refractivity contribution >= 4 is 0 Å². The molecule has 3 aromatic carbocycles. The summed E-state index contributed by atoms with van der Waals surface area (Å²) in [5.41, 5.74) is 8.31. The number of aryl methyl sites for hydroxylation is 5. The van der Waals surface area contributed by atoms with Gasteiger partial charge < -0.3 is 4.74 Å². The van der Waals surface area contributed by atoms with Crippen LogP contribution in [-0.4, -0.2) is 19.8 Å². The topological polar surface area (TPSA) is 61.9 Å². The zero-order valence-corrected chi connectivity index (χ0v) is 18.5. The smallest absolute Gasteiger partial charge is 0.368 e. The monoisotopic (exact) mass is 414 g/mol. The Morgan fingerprint density at radius 1 is 0.806 bits per heavy atom. The van der Waals surface area contributed by atoms with Crippen molar-refractivity contribution in [3.63, 3.8) is 0 Å². The highest BCUT2D eigenvalue weighted by Crippen LogP contribution is 2.29. The molecular weight excluding hydrogens is 388 g/mol. The minimum absolute atomic E-state index is 0.291. The molecule has 0 saturated heterocycles. The first-order chi connectivity index (χ1) is 14.8. The van der Waals surface area contributed by atoms with Gasteiger partial charge in [0.25, 0.3) is 0 Å². The molecule has 0 aliphatic heterocycles. The SMILES string of the molecule is Cc1ccc(-c2ccc(OCc3c(C)cccc3-n3nnn(C)c3=O)c(C)c2)cc1C. The Kier molecular flexibility index (Phi) is 5.46. The maximum absolute atomic E-state index is 12.3. The van der Waals surface area contributed by atoms with E-state index in [-0.39, 0.29) is 5.69 Å². The first-order valence-electron chi connectivity index (χ1n) is 10.2. The lowest BCUT2D eigenvalue weighted by Crippen LogP contribution is -2.23. The predicted molar refractivity (Wildman–Crippen MR) is 122 cm³/mol. The number of hydrogen-bond acceptors (Lipinski definition) is 4. The number of benzene rings is 3. The van der Waals surface area contributed by atoms with E-state index < -0.39 is 0 Å². The van der Waals surface area contributed by atoms with Gasteiger partial charge in [0.05, 0.1) is 5.69 Å². The molecule has 0 fully saturated rings. The van der Waals surface area contributed by atoms with Crippen molar-refractivity contribution in [2.75, 3.05) is 0 Å². The minimum atomic E-state index is -0.291. The molecule has 0 saturated carbocycles. The lowest BCUT2D eigenvalue weighted by Gasteiger charge is -2.15. The highest BCUT2D eigenvalue weighted by atomic mass is 16.5. The number of aromatic nitrogens is 4. The van der Waals surface area contributed by atoms with Crippen LogP contribution in [0.1, 0.15) is 27.8 Å². The van der Waals surface area contributed by atoms with E-state index in [4.69, 9.17) is 4.74 Å². The van der Waals surface area contributed by atoms with E-state index in [1.165, 1.54) is 26.1 Å². The summed E-state index contributed by atoms with van der Waals surface area (Å²) in [6.07, 6.45) is 0. The van der Waals surface area contributed by atoms with Gasteiger partial charge in [-0.15, -0.1) is 0 Å². The molecule has 0 atom stereocenters. The van der Waals surface area contributed by atoms with Gasteiger partial charge in [-0.2, -0.15) is 9.36 Å². The maximum atomic E-state index is 12.3. The number of rotatable bonds is 5. The summed E-state index contributed by atoms with van der Waals surface area (Å²) < 4.78 is 8.69. The van der Waals surface area contributed by atoms with Crippen molar-refractivity contribution in [1.29, 1.82) is 0 Å². The lowest BCUT2D eigenvalue weighted by molar-refractivity contribution is 0.302. The predicted octanol–water partition coefficient (Wildman–Crippen LogP) is 4.45. The molecule has 0 aliphatic carbocycles. The van der Waals surface area contributed by atoms with E-state index in [1.54, 1.807) is 7.05 Å². The summed E-state index contributed by atoms with van der Waals surface area (Å²) in [7, 11) is 1.58. The Balaban J connectivity index is 1.61. The van der Waals surface area contributed by atoms with E-state index in [9.17, 15) is 4.79 Å². The normalized spacial score (nSPS) is 11.0. The van der Waals surface area contributed by atoms with Gasteiger partial charge in [-0.25, -0.2) is 4.79 Å². The molecule has 0 bridgehead atoms. The molecule has 0 amide bonds. The average molecular weight is 415 g/mol. The molecule has 0 unspecified atom stereocenters. The molecule has 6 heteroatoms. The molecule has 6 nitrogen and oxygen atoms in total. The van der Waals surface area contributed by atoms with Gasteiger partial charge in [0.15, 0.2) is 0 Å². The molecule has 1 aromatic heterocycles. The summed E-state index contributed by atoms with van der Waals surface area (Å²) in [5.74, 6) is 0.813. The van der Waals surface area contributed by atoms with Crippen molar-refractivity contribution in [2.45, 2.75) is 34.3 Å². The standard InChI is InChI=1S/C25H26N4O2/c1-16-9-10-20(13-18(16)3)21-11-12-24(19(4)14-21)31-15-22-17(2)7-6-8-23(22)29-25(30)28(5)26-27-29/h6-14H,15H2,1-5H3. The molecular formula is C25H26N4O2. The quantitative estimate of drug-likeness (QED) is 0.484. The van der Waals surface area contributed by atoms with Crippen molar-refractivity contribution in [3.05, 3.63) is 92.9 Å². The van der Waals surface area contributed by atoms with E-state index in [2.05, 4.69) is 54.6 Å². The van der Waals surface area contributed by atoms with Gasteiger partial charge in [0.1, 0.15) is 12.4 Å². The molecule has 0 N–H and O–H groups in total. The van der Waals surface area contributed by atoms with Crippen molar-refractivity contribution in [2.24, 2.45) is 7.05 Å². The van der Waals surface area contributed by atoms with Crippen molar-refractivity contribution in [3.8, 4) is 22.6 Å². The third-order valence-corrected chi connectivity index (χ3v) is 5.72. The fraction of sp³-hybridized carbons (Fsp3) is 0.240. The Hall–Kier alpha value is -3.67. The fourth-order valence-corrected chi connectivity index (χ4v) is 3.60. The lowest BCUT2D eigenvalue weighted by atomic mass is 9.99. The van der Waals surface area contributed by atoms with Crippen LogP contribution in [0.5, 0.6) is 5.75 Å². The summed E-state index contributed by atoms with van der Waals surface area (Å²) in [5, 5.41) is 7.80. The van der Waals surface area contributed by atoms with Crippen LogP contribution in [0.25, 0.3) is 16.8 Å². The fourth-order valence-electron chi connectivity index (χ4n) is 3.60. The second kappa shape index (κ2) is 8.22. The molecule has 4 aromatic rings. The molecule has 1 heterocycles. The van der Waals surface area contributed by atoms with Crippen LogP contribution in [-0.2, 0) is 13.7 Å². The molecule has 4 rings (SSSR count). The third kappa shape index (κ3) is 4.01. The van der Waals surface area contributed by atoms with E-state index >= 15 is 0 Å². The van der Waals surface area contributed by atoms with Gasteiger partial charge in [0, 0.05) is 12.6 Å². The zero-order valence-electron chi connectivity index (χ0n) is 18.5. The van der Waals surface area contributed by atoms with Gasteiger partial charge in [-0.05, 0) is 89.7 Å². The van der Waals surface area contributed by atoms with Crippen LogP contribution in [0.15, 0.2) is 59.4 Å². The maximum Gasteiger partial charge on any atom is 0.368 e. The van der Waals surface area contributed by atoms with E-state index in [0.717, 1.165) is 28.0 Å². The Morgan fingerprint density at radius 3 is 2.16 bits per heavy atom. The summed E-state index contributed by atoms with van der Waals surface area (Å²) >= 11 is 0. The largest absolute Gasteiger partial charge is 0.489 e. The summed E-state index contributed by atoms with van der Waals surface area (Å²) in [6, 6.07) is 18.5. The van der Waals surface area contributed by atoms with Gasteiger partial charge in [-0.3, -0.25) is 0 Å². The second-order valence-electron chi connectivity index (χ2n) is 7.94. The van der Waals surface area contributed by atoms with Gasteiger partial charge in [-0.1, -0.05) is 36.4 Å². The number of ether oxygens (including phenoxy) is 1. The first kappa shape index (κ1) is 20.6. The van der Waals surface area contributed by atoms with Crippen LogP contribution in [0.3, 0.4) is 0 Å². The first-order valence-corrected chi connectivity index (χ1v) is 10.2. The average Bonchev–Trinajstić information content (AvgIpc) is 3.08. The van der Waals surface area contributed by atoms with Crippen LogP contribution in [0, 0.1) is 27.7 Å². The molecule has 0 radical (unpaired) electrons. The van der Waals surface area contributed by atoms with E-state index in [1.807, 2.05) is 38.1 Å². The van der Waals surface area contributed by atoms with Crippen LogP contribution in [0.2, 0.25) is 0 Å². The number of hydrogen-bond donors (Lipinski definition) is 0. The summed E-state index contributed by atoms with van der Waals surface area (Å²) in [4.78, 5) is 12.3. The Bertz CT molecular complexity index is 1320. The molecule has 0 aliphatic rings.